The van der Waals surface area contributed by atoms with E-state index in [1.807, 2.05) is 12.1 Å². The van der Waals surface area contributed by atoms with Crippen LogP contribution >= 0.6 is 23.2 Å². The molecule has 2 unspecified atom stereocenters. The van der Waals surface area contributed by atoms with E-state index in [0.29, 0.717) is 23.1 Å². The highest BCUT2D eigenvalue weighted by Crippen LogP contribution is 2.27. The number of nitrogens with one attached hydrogen (secondary N) is 2. The number of piperazine rings is 1. The molecule has 2 N–H and O–H groups in total. The first-order valence-corrected chi connectivity index (χ1v) is 8.22. The summed E-state index contributed by atoms with van der Waals surface area (Å²) in [6.07, 6.45) is 1.20. The molecule has 0 bridgehead atoms. The molecule has 0 saturated carbocycles. The van der Waals surface area contributed by atoms with E-state index in [1.165, 1.54) is 0 Å². The molecule has 1 aromatic carbocycles. The number of hydrogen-bond donors (Lipinski definition) is 2. The summed E-state index contributed by atoms with van der Waals surface area (Å²) < 4.78 is 5.31. The second-order valence-corrected chi connectivity index (χ2v) is 6.39. The topological polar surface area (TPSA) is 53.6 Å². The maximum atomic E-state index is 12.2. The fourth-order valence-electron chi connectivity index (χ4n) is 2.62. The van der Waals surface area contributed by atoms with Crippen molar-refractivity contribution in [2.75, 3.05) is 37.7 Å². The van der Waals surface area contributed by atoms with Gasteiger partial charge in [0.1, 0.15) is 6.04 Å². The monoisotopic (exact) mass is 343 g/mol. The largest absolute Gasteiger partial charge is 0.376 e. The first-order valence-electron chi connectivity index (χ1n) is 7.46. The Morgan fingerprint density at radius 3 is 2.91 bits per heavy atom. The molecule has 7 heteroatoms. The minimum atomic E-state index is -0.233. The predicted octanol–water partition coefficient (Wildman–Crippen LogP) is 1.68. The molecule has 2 fully saturated rings. The van der Waals surface area contributed by atoms with Crippen molar-refractivity contribution in [3.63, 3.8) is 0 Å². The molecular weight excluding hydrogens is 325 g/mol. The molecule has 2 aliphatic rings. The highest BCUT2D eigenvalue weighted by Gasteiger charge is 2.27. The minimum Gasteiger partial charge on any atom is -0.376 e. The Morgan fingerprint density at radius 2 is 2.23 bits per heavy atom. The van der Waals surface area contributed by atoms with Gasteiger partial charge in [-0.25, -0.2) is 0 Å². The number of ether oxygens (including phenoxy) is 1. The average molecular weight is 344 g/mol. The fourth-order valence-corrected chi connectivity index (χ4v) is 2.92. The first kappa shape index (κ1) is 15.9. The average Bonchev–Trinajstić information content (AvgIpc) is 2.48. The number of hydrogen-bond acceptors (Lipinski definition) is 4. The Kier molecular flexibility index (Phi) is 5.08. The quantitative estimate of drug-likeness (QED) is 0.873. The molecule has 0 spiro atoms. The molecule has 22 heavy (non-hydrogen) atoms. The summed E-state index contributed by atoms with van der Waals surface area (Å²) in [5.74, 6) is 0.0141. The Hall–Kier alpha value is -1.01. The van der Waals surface area contributed by atoms with Crippen LogP contribution in [0.2, 0.25) is 10.0 Å². The van der Waals surface area contributed by atoms with E-state index < -0.39 is 0 Å². The molecule has 0 aliphatic carbocycles. The zero-order valence-corrected chi connectivity index (χ0v) is 13.7. The van der Waals surface area contributed by atoms with Gasteiger partial charge in [-0.1, -0.05) is 23.2 Å². The van der Waals surface area contributed by atoms with Gasteiger partial charge in [0.2, 0.25) is 5.91 Å². The maximum Gasteiger partial charge on any atom is 0.239 e. The molecule has 5 nitrogen and oxygen atoms in total. The minimum absolute atomic E-state index is 0.0141. The number of nitrogens with zero attached hydrogens (tertiary/aromatic N) is 1. The third-order valence-corrected chi connectivity index (χ3v) is 4.80. The van der Waals surface area contributed by atoms with Crippen LogP contribution in [0.5, 0.6) is 0 Å². The normalized spacial score (nSPS) is 24.7. The Labute approximate surface area is 139 Å². The van der Waals surface area contributed by atoms with Crippen molar-refractivity contribution in [1.82, 2.24) is 10.6 Å². The summed E-state index contributed by atoms with van der Waals surface area (Å²) in [7, 11) is 0. The van der Waals surface area contributed by atoms with Crippen molar-refractivity contribution in [2.45, 2.75) is 18.6 Å². The molecule has 2 aliphatic heterocycles. The second kappa shape index (κ2) is 7.04. The Morgan fingerprint density at radius 1 is 1.41 bits per heavy atom. The third-order valence-electron chi connectivity index (χ3n) is 4.06. The molecule has 0 aromatic heterocycles. The van der Waals surface area contributed by atoms with Crippen molar-refractivity contribution >= 4 is 34.8 Å². The van der Waals surface area contributed by atoms with Gasteiger partial charge in [-0.05, 0) is 24.6 Å². The number of rotatable bonds is 4. The molecule has 120 valence electrons. The SMILES string of the molecule is O=C(NCC1CCO1)C1CN(c2ccc(Cl)c(Cl)c2)CCN1. The van der Waals surface area contributed by atoms with E-state index in [0.717, 1.165) is 31.8 Å². The van der Waals surface area contributed by atoms with Crippen LogP contribution in [-0.2, 0) is 9.53 Å². The lowest BCUT2D eigenvalue weighted by atomic mass is 10.1. The number of amides is 1. The molecule has 0 radical (unpaired) electrons. The standard InChI is InChI=1S/C15H19Cl2N3O2/c16-12-2-1-10(7-13(12)17)20-5-4-18-14(9-20)15(21)19-8-11-3-6-22-11/h1-2,7,11,14,18H,3-6,8-9H2,(H,19,21). The number of carbonyl (C=O) groups excluding carboxylic acids is 1. The molecule has 1 aromatic rings. The number of carbonyl (C=O) groups is 1. The van der Waals surface area contributed by atoms with E-state index in [1.54, 1.807) is 6.07 Å². The van der Waals surface area contributed by atoms with Crippen LogP contribution in [-0.4, -0.2) is 50.8 Å². The fraction of sp³-hybridized carbons (Fsp3) is 0.533. The Bertz CT molecular complexity index is 552. The van der Waals surface area contributed by atoms with Gasteiger partial charge >= 0.3 is 0 Å². The van der Waals surface area contributed by atoms with Gasteiger partial charge in [0.25, 0.3) is 0 Å². The summed E-state index contributed by atoms with van der Waals surface area (Å²) in [4.78, 5) is 14.4. The van der Waals surface area contributed by atoms with E-state index in [9.17, 15) is 4.79 Å². The second-order valence-electron chi connectivity index (χ2n) is 5.58. The number of halogens is 2. The van der Waals surface area contributed by atoms with Gasteiger partial charge in [0.05, 0.1) is 16.1 Å². The lowest BCUT2D eigenvalue weighted by Crippen LogP contribution is -2.58. The molecule has 2 saturated heterocycles. The van der Waals surface area contributed by atoms with E-state index in [-0.39, 0.29) is 18.1 Å². The maximum absolute atomic E-state index is 12.2. The highest BCUT2D eigenvalue weighted by molar-refractivity contribution is 6.42. The van der Waals surface area contributed by atoms with Crippen LogP contribution in [0.4, 0.5) is 5.69 Å². The highest BCUT2D eigenvalue weighted by atomic mass is 35.5. The summed E-state index contributed by atoms with van der Waals surface area (Å²) in [6.45, 7) is 3.57. The van der Waals surface area contributed by atoms with Gasteiger partial charge in [-0.2, -0.15) is 0 Å². The van der Waals surface area contributed by atoms with Gasteiger partial charge in [-0.15, -0.1) is 0 Å². The molecule has 1 amide bonds. The number of benzene rings is 1. The summed E-state index contributed by atoms with van der Waals surface area (Å²) in [5, 5.41) is 7.26. The molecule has 3 rings (SSSR count). The zero-order chi connectivity index (χ0) is 15.5. The smallest absolute Gasteiger partial charge is 0.239 e. The first-order chi connectivity index (χ1) is 10.6. The molecule has 2 heterocycles. The van der Waals surface area contributed by atoms with E-state index in [4.69, 9.17) is 27.9 Å². The van der Waals surface area contributed by atoms with Gasteiger partial charge in [-0.3, -0.25) is 4.79 Å². The lowest BCUT2D eigenvalue weighted by Gasteiger charge is -2.35. The lowest BCUT2D eigenvalue weighted by molar-refractivity contribution is -0.125. The van der Waals surface area contributed by atoms with Crippen molar-refractivity contribution in [2.24, 2.45) is 0 Å². The Balaban J connectivity index is 1.58. The van der Waals surface area contributed by atoms with Crippen LogP contribution in [0.3, 0.4) is 0 Å². The van der Waals surface area contributed by atoms with Gasteiger partial charge < -0.3 is 20.3 Å². The van der Waals surface area contributed by atoms with Gasteiger partial charge in [0, 0.05) is 38.5 Å². The van der Waals surface area contributed by atoms with Crippen LogP contribution < -0.4 is 15.5 Å². The zero-order valence-electron chi connectivity index (χ0n) is 12.1. The van der Waals surface area contributed by atoms with Crippen molar-refractivity contribution in [3.05, 3.63) is 28.2 Å². The van der Waals surface area contributed by atoms with Crippen LogP contribution in [0.1, 0.15) is 6.42 Å². The summed E-state index contributed by atoms with van der Waals surface area (Å²) in [5.41, 5.74) is 0.982. The van der Waals surface area contributed by atoms with Crippen LogP contribution in [0.25, 0.3) is 0 Å². The van der Waals surface area contributed by atoms with Crippen molar-refractivity contribution in [3.8, 4) is 0 Å². The predicted molar refractivity (Wildman–Crippen MR) is 87.8 cm³/mol. The molecular formula is C15H19Cl2N3O2. The summed E-state index contributed by atoms with van der Waals surface area (Å²) in [6, 6.07) is 5.32. The van der Waals surface area contributed by atoms with Crippen LogP contribution in [0, 0.1) is 0 Å². The number of anilines is 1. The van der Waals surface area contributed by atoms with Crippen molar-refractivity contribution in [1.29, 1.82) is 0 Å². The van der Waals surface area contributed by atoms with E-state index >= 15 is 0 Å². The van der Waals surface area contributed by atoms with Crippen molar-refractivity contribution < 1.29 is 9.53 Å². The molecule has 2 atom stereocenters. The van der Waals surface area contributed by atoms with Crippen LogP contribution in [0.15, 0.2) is 18.2 Å². The third kappa shape index (κ3) is 3.66. The van der Waals surface area contributed by atoms with Gasteiger partial charge in [0.15, 0.2) is 0 Å². The summed E-state index contributed by atoms with van der Waals surface area (Å²) >= 11 is 12.0. The van der Waals surface area contributed by atoms with E-state index in [2.05, 4.69) is 15.5 Å².